The van der Waals surface area contributed by atoms with Crippen LogP contribution in [0.15, 0.2) is 6.33 Å². The molecule has 74 valence electrons. The lowest BCUT2D eigenvalue weighted by Crippen LogP contribution is -2.09. The lowest BCUT2D eigenvalue weighted by Gasteiger charge is -2.12. The molecule has 0 fully saturated rings. The van der Waals surface area contributed by atoms with Crippen LogP contribution in [0.25, 0.3) is 10.3 Å². The lowest BCUT2D eigenvalue weighted by molar-refractivity contribution is 0.587. The maximum Gasteiger partial charge on any atom is 0.147 e. The number of aryl methyl sites for hydroxylation is 1. The predicted octanol–water partition coefficient (Wildman–Crippen LogP) is 2.69. The summed E-state index contributed by atoms with van der Waals surface area (Å²) in [5.74, 6) is 0. The van der Waals surface area contributed by atoms with Gasteiger partial charge in [-0.3, -0.25) is 0 Å². The lowest BCUT2D eigenvalue weighted by atomic mass is 9.98. The van der Waals surface area contributed by atoms with Crippen LogP contribution in [0, 0.1) is 6.92 Å². The molecule has 2 rings (SSSR count). The van der Waals surface area contributed by atoms with E-state index < -0.39 is 0 Å². The van der Waals surface area contributed by atoms with Gasteiger partial charge in [0, 0.05) is 5.41 Å². The second-order valence-corrected chi connectivity index (χ2v) is 5.36. The summed E-state index contributed by atoms with van der Waals surface area (Å²) in [5.41, 5.74) is 2.00. The first-order chi connectivity index (χ1) is 6.48. The zero-order valence-corrected chi connectivity index (χ0v) is 9.64. The summed E-state index contributed by atoms with van der Waals surface area (Å²) in [6, 6.07) is 0. The Kier molecular flexibility index (Phi) is 2.03. The van der Waals surface area contributed by atoms with Crippen molar-refractivity contribution in [3.63, 3.8) is 0 Å². The Bertz CT molecular complexity index is 468. The van der Waals surface area contributed by atoms with Crippen LogP contribution >= 0.6 is 11.3 Å². The van der Waals surface area contributed by atoms with Gasteiger partial charge in [-0.1, -0.05) is 32.1 Å². The third-order valence-electron chi connectivity index (χ3n) is 2.02. The maximum atomic E-state index is 4.58. The van der Waals surface area contributed by atoms with E-state index in [-0.39, 0.29) is 5.41 Å². The van der Waals surface area contributed by atoms with Gasteiger partial charge in [0.15, 0.2) is 0 Å². The van der Waals surface area contributed by atoms with Crippen LogP contribution < -0.4 is 0 Å². The quantitative estimate of drug-likeness (QED) is 0.666. The van der Waals surface area contributed by atoms with Crippen LogP contribution in [0.2, 0.25) is 0 Å². The SMILES string of the molecule is Cc1ncnc2sc(C(C)(C)C)nc12. The van der Waals surface area contributed by atoms with Gasteiger partial charge in [-0.25, -0.2) is 15.0 Å². The fourth-order valence-corrected chi connectivity index (χ4v) is 2.20. The minimum atomic E-state index is 0.0950. The van der Waals surface area contributed by atoms with Crippen molar-refractivity contribution in [2.45, 2.75) is 33.1 Å². The highest BCUT2D eigenvalue weighted by Gasteiger charge is 2.19. The highest BCUT2D eigenvalue weighted by Crippen LogP contribution is 2.30. The Labute approximate surface area is 87.2 Å². The summed E-state index contributed by atoms with van der Waals surface area (Å²) >= 11 is 1.66. The van der Waals surface area contributed by atoms with E-state index in [0.29, 0.717) is 0 Å². The van der Waals surface area contributed by atoms with Crippen LogP contribution in [-0.4, -0.2) is 15.0 Å². The monoisotopic (exact) mass is 207 g/mol. The maximum absolute atomic E-state index is 4.58. The number of rotatable bonds is 0. The molecule has 0 bridgehead atoms. The standard InChI is InChI=1S/C10H13N3S/c1-6-7-8(12-5-11-6)14-9(13-7)10(2,3)4/h5H,1-4H3. The molecule has 3 nitrogen and oxygen atoms in total. The predicted molar refractivity (Wildman–Crippen MR) is 58.6 cm³/mol. The van der Waals surface area contributed by atoms with Gasteiger partial charge >= 0.3 is 0 Å². The van der Waals surface area contributed by atoms with Gasteiger partial charge in [0.2, 0.25) is 0 Å². The normalized spacial score (nSPS) is 12.3. The summed E-state index contributed by atoms with van der Waals surface area (Å²) < 4.78 is 0. The third kappa shape index (κ3) is 1.50. The molecule has 0 unspecified atom stereocenters. The Morgan fingerprint density at radius 2 is 1.93 bits per heavy atom. The molecule has 0 spiro atoms. The molecule has 0 aliphatic rings. The molecule has 2 aromatic heterocycles. The fourth-order valence-electron chi connectivity index (χ4n) is 1.19. The first-order valence-electron chi connectivity index (χ1n) is 4.57. The van der Waals surface area contributed by atoms with Crippen molar-refractivity contribution in [3.8, 4) is 0 Å². The largest absolute Gasteiger partial charge is 0.239 e. The van der Waals surface area contributed by atoms with Gasteiger partial charge in [0.1, 0.15) is 21.7 Å². The van der Waals surface area contributed by atoms with Crippen molar-refractivity contribution in [2.75, 3.05) is 0 Å². The zero-order valence-electron chi connectivity index (χ0n) is 8.83. The summed E-state index contributed by atoms with van der Waals surface area (Å²) in [6.45, 7) is 8.45. The Hall–Kier alpha value is -1.03. The summed E-state index contributed by atoms with van der Waals surface area (Å²) in [4.78, 5) is 13.9. The molecule has 0 N–H and O–H groups in total. The molecule has 0 atom stereocenters. The summed E-state index contributed by atoms with van der Waals surface area (Å²) in [6.07, 6.45) is 1.60. The van der Waals surface area contributed by atoms with E-state index in [1.807, 2.05) is 6.92 Å². The number of fused-ring (bicyclic) bond motifs is 1. The molecule has 4 heteroatoms. The van der Waals surface area contributed by atoms with E-state index in [4.69, 9.17) is 0 Å². The molecule has 14 heavy (non-hydrogen) atoms. The molecule has 0 saturated heterocycles. The van der Waals surface area contributed by atoms with Crippen LogP contribution in [-0.2, 0) is 5.41 Å². The van der Waals surface area contributed by atoms with Gasteiger partial charge in [0.25, 0.3) is 0 Å². The molecule has 0 aromatic carbocycles. The number of hydrogen-bond donors (Lipinski definition) is 0. The van der Waals surface area contributed by atoms with Gasteiger partial charge < -0.3 is 0 Å². The first-order valence-corrected chi connectivity index (χ1v) is 5.39. The Balaban J connectivity index is 2.69. The number of aromatic nitrogens is 3. The molecule has 0 amide bonds. The van der Waals surface area contributed by atoms with Gasteiger partial charge in [0.05, 0.1) is 5.69 Å². The molecule has 2 aromatic rings. The van der Waals surface area contributed by atoms with Crippen LogP contribution in [0.4, 0.5) is 0 Å². The molecule has 0 saturated carbocycles. The Morgan fingerprint density at radius 3 is 2.50 bits per heavy atom. The van der Waals surface area contributed by atoms with Gasteiger partial charge in [-0.2, -0.15) is 0 Å². The second-order valence-electron chi connectivity index (χ2n) is 4.38. The second kappa shape index (κ2) is 2.98. The smallest absolute Gasteiger partial charge is 0.147 e. The topological polar surface area (TPSA) is 38.7 Å². The van der Waals surface area contributed by atoms with Crippen molar-refractivity contribution < 1.29 is 0 Å². The summed E-state index contributed by atoms with van der Waals surface area (Å²) in [5, 5.41) is 1.12. The minimum absolute atomic E-state index is 0.0950. The van der Waals surface area contributed by atoms with Crippen LogP contribution in [0.5, 0.6) is 0 Å². The average molecular weight is 207 g/mol. The van der Waals surface area contributed by atoms with Gasteiger partial charge in [-0.15, -0.1) is 0 Å². The summed E-state index contributed by atoms with van der Waals surface area (Å²) in [7, 11) is 0. The molecule has 0 aliphatic heterocycles. The molecule has 0 radical (unpaired) electrons. The molecule has 0 aliphatic carbocycles. The molecule has 2 heterocycles. The number of thiazole rings is 1. The van der Waals surface area contributed by atoms with Crippen LogP contribution in [0.3, 0.4) is 0 Å². The highest BCUT2D eigenvalue weighted by molar-refractivity contribution is 7.18. The molecular weight excluding hydrogens is 194 g/mol. The van der Waals surface area contributed by atoms with Crippen molar-refractivity contribution in [1.29, 1.82) is 0 Å². The average Bonchev–Trinajstić information content (AvgIpc) is 2.48. The van der Waals surface area contributed by atoms with E-state index in [1.165, 1.54) is 0 Å². The minimum Gasteiger partial charge on any atom is -0.239 e. The van der Waals surface area contributed by atoms with Crippen molar-refractivity contribution in [3.05, 3.63) is 17.0 Å². The third-order valence-corrected chi connectivity index (χ3v) is 3.41. The van der Waals surface area contributed by atoms with Crippen LogP contribution in [0.1, 0.15) is 31.5 Å². The van der Waals surface area contributed by atoms with Crippen molar-refractivity contribution >= 4 is 21.7 Å². The molecular formula is C10H13N3S. The van der Waals surface area contributed by atoms with E-state index in [1.54, 1.807) is 17.7 Å². The van der Waals surface area contributed by atoms with Gasteiger partial charge in [-0.05, 0) is 6.92 Å². The highest BCUT2D eigenvalue weighted by atomic mass is 32.1. The van der Waals surface area contributed by atoms with E-state index in [2.05, 4.69) is 35.7 Å². The van der Waals surface area contributed by atoms with Crippen molar-refractivity contribution in [1.82, 2.24) is 15.0 Å². The first kappa shape index (κ1) is 9.52. The van der Waals surface area contributed by atoms with E-state index in [0.717, 1.165) is 21.0 Å². The van der Waals surface area contributed by atoms with E-state index >= 15 is 0 Å². The van der Waals surface area contributed by atoms with Crippen molar-refractivity contribution in [2.24, 2.45) is 0 Å². The number of nitrogens with zero attached hydrogens (tertiary/aromatic N) is 3. The Morgan fingerprint density at radius 1 is 1.21 bits per heavy atom. The van der Waals surface area contributed by atoms with E-state index in [9.17, 15) is 0 Å². The fraction of sp³-hybridized carbons (Fsp3) is 0.500. The number of hydrogen-bond acceptors (Lipinski definition) is 4. The zero-order chi connectivity index (χ0) is 10.3.